The predicted molar refractivity (Wildman–Crippen MR) is 137 cm³/mol. The molecule has 3 aromatic rings. The van der Waals surface area contributed by atoms with E-state index in [1.807, 2.05) is 30.7 Å². The van der Waals surface area contributed by atoms with Gasteiger partial charge in [0, 0.05) is 10.6 Å². The third kappa shape index (κ3) is 4.74. The van der Waals surface area contributed by atoms with Gasteiger partial charge in [-0.25, -0.2) is 4.79 Å². The van der Waals surface area contributed by atoms with E-state index in [1.165, 1.54) is 12.0 Å². The molecule has 32 heavy (non-hydrogen) atoms. The van der Waals surface area contributed by atoms with Crippen molar-refractivity contribution in [2.75, 3.05) is 17.7 Å². The van der Waals surface area contributed by atoms with E-state index in [9.17, 15) is 4.79 Å². The van der Waals surface area contributed by atoms with Gasteiger partial charge < -0.3 is 15.4 Å². The van der Waals surface area contributed by atoms with Crippen LogP contribution in [0.25, 0.3) is 0 Å². The largest absolute Gasteiger partial charge is 0.465 e. The van der Waals surface area contributed by atoms with E-state index in [1.54, 1.807) is 11.3 Å². The highest BCUT2D eigenvalue weighted by Crippen LogP contribution is 2.38. The van der Waals surface area contributed by atoms with Crippen molar-refractivity contribution in [3.63, 3.8) is 0 Å². The Morgan fingerprint density at radius 3 is 2.78 bits per heavy atom. The molecular weight excluding hydrogens is 508 g/mol. The highest BCUT2D eigenvalue weighted by Gasteiger charge is 2.26. The van der Waals surface area contributed by atoms with E-state index in [-0.39, 0.29) is 5.97 Å². The summed E-state index contributed by atoms with van der Waals surface area (Å²) >= 11 is 10.7. The second kappa shape index (κ2) is 9.72. The number of thiocarbonyl (C=S) groups is 1. The molecule has 0 bridgehead atoms. The number of hydrogen-bond donors (Lipinski definition) is 2. The molecule has 0 fully saturated rings. The van der Waals surface area contributed by atoms with Crippen molar-refractivity contribution in [2.24, 2.45) is 0 Å². The molecule has 0 amide bonds. The maximum Gasteiger partial charge on any atom is 0.341 e. The first kappa shape index (κ1) is 22.9. The third-order valence-corrected chi connectivity index (χ3v) is 8.16. The van der Waals surface area contributed by atoms with Crippen LogP contribution in [-0.4, -0.2) is 28.0 Å². The van der Waals surface area contributed by atoms with E-state index >= 15 is 0 Å². The molecule has 0 saturated heterocycles. The van der Waals surface area contributed by atoms with E-state index < -0.39 is 0 Å². The normalized spacial score (nSPS) is 12.9. The van der Waals surface area contributed by atoms with Gasteiger partial charge in [0.15, 0.2) is 5.11 Å². The van der Waals surface area contributed by atoms with Crippen LogP contribution < -0.4 is 10.6 Å². The monoisotopic (exact) mass is 532 g/mol. The average molecular weight is 534 g/mol. The van der Waals surface area contributed by atoms with Crippen LogP contribution in [-0.2, 0) is 24.1 Å². The predicted octanol–water partition coefficient (Wildman–Crippen LogP) is 5.85. The van der Waals surface area contributed by atoms with Crippen LogP contribution in [0.4, 0.5) is 10.7 Å². The molecule has 168 valence electrons. The summed E-state index contributed by atoms with van der Waals surface area (Å²) in [5, 5.41) is 12.3. The van der Waals surface area contributed by atoms with Crippen LogP contribution in [0, 0.1) is 13.8 Å². The molecule has 0 radical (unpaired) electrons. The SMILES string of the molecule is COC(=O)c1c(NC(=S)Nc2cccc(Cn3nc(C)c(Br)c3C)c2)sc2c1CCCC2. The summed E-state index contributed by atoms with van der Waals surface area (Å²) in [7, 11) is 1.42. The fourth-order valence-electron chi connectivity index (χ4n) is 3.99. The summed E-state index contributed by atoms with van der Waals surface area (Å²) in [6.07, 6.45) is 4.14. The number of rotatable bonds is 5. The zero-order valence-corrected chi connectivity index (χ0v) is 21.5. The van der Waals surface area contributed by atoms with Crippen molar-refractivity contribution in [2.45, 2.75) is 46.1 Å². The Morgan fingerprint density at radius 2 is 2.06 bits per heavy atom. The number of carbonyl (C=O) groups is 1. The molecule has 2 N–H and O–H groups in total. The van der Waals surface area contributed by atoms with Crippen molar-refractivity contribution in [3.8, 4) is 0 Å². The first-order valence-electron chi connectivity index (χ1n) is 10.5. The van der Waals surface area contributed by atoms with Crippen molar-refractivity contribution in [1.29, 1.82) is 0 Å². The lowest BCUT2D eigenvalue weighted by Gasteiger charge is -2.13. The van der Waals surface area contributed by atoms with Crippen LogP contribution >= 0.6 is 39.5 Å². The number of benzene rings is 1. The highest BCUT2D eigenvalue weighted by atomic mass is 79.9. The molecule has 1 aromatic carbocycles. The maximum atomic E-state index is 12.4. The van der Waals surface area contributed by atoms with Crippen molar-refractivity contribution >= 4 is 61.3 Å². The van der Waals surface area contributed by atoms with Gasteiger partial charge in [0.05, 0.1) is 35.1 Å². The van der Waals surface area contributed by atoms with Gasteiger partial charge in [-0.1, -0.05) is 12.1 Å². The summed E-state index contributed by atoms with van der Waals surface area (Å²) in [5.41, 5.74) is 5.79. The molecule has 1 aliphatic carbocycles. The number of esters is 1. The molecule has 0 unspecified atom stereocenters. The Bertz CT molecular complexity index is 1190. The first-order valence-corrected chi connectivity index (χ1v) is 12.5. The molecular formula is C23H25BrN4O2S2. The summed E-state index contributed by atoms with van der Waals surface area (Å²) in [5.74, 6) is -0.312. The molecule has 0 atom stereocenters. The summed E-state index contributed by atoms with van der Waals surface area (Å²) in [6, 6.07) is 8.08. The summed E-state index contributed by atoms with van der Waals surface area (Å²) < 4.78 is 8.06. The second-order valence-corrected chi connectivity index (χ2v) is 10.1. The van der Waals surface area contributed by atoms with Gasteiger partial charge in [-0.3, -0.25) is 4.68 Å². The summed E-state index contributed by atoms with van der Waals surface area (Å²) in [4.78, 5) is 13.7. The molecule has 0 saturated carbocycles. The number of nitrogens with zero attached hydrogens (tertiary/aromatic N) is 2. The Hall–Kier alpha value is -2.23. The molecule has 0 aliphatic heterocycles. The lowest BCUT2D eigenvalue weighted by molar-refractivity contribution is 0.0601. The maximum absolute atomic E-state index is 12.4. The van der Waals surface area contributed by atoms with Crippen LogP contribution in [0.2, 0.25) is 0 Å². The molecule has 9 heteroatoms. The smallest absolute Gasteiger partial charge is 0.341 e. The van der Waals surface area contributed by atoms with Gasteiger partial charge in [0.1, 0.15) is 5.00 Å². The van der Waals surface area contributed by atoms with Gasteiger partial charge in [-0.05, 0) is 90.9 Å². The fourth-order valence-corrected chi connectivity index (χ4v) is 5.84. The number of hydrogen-bond acceptors (Lipinski definition) is 5. The minimum Gasteiger partial charge on any atom is -0.465 e. The van der Waals surface area contributed by atoms with Gasteiger partial charge in [0.2, 0.25) is 0 Å². The van der Waals surface area contributed by atoms with Crippen molar-refractivity contribution in [1.82, 2.24) is 9.78 Å². The van der Waals surface area contributed by atoms with Gasteiger partial charge >= 0.3 is 5.97 Å². The number of methoxy groups -OCH3 is 1. The van der Waals surface area contributed by atoms with Crippen molar-refractivity contribution < 1.29 is 9.53 Å². The zero-order chi connectivity index (χ0) is 22.8. The lowest BCUT2D eigenvalue weighted by atomic mass is 9.95. The number of aryl methyl sites for hydroxylation is 2. The molecule has 2 aromatic heterocycles. The van der Waals surface area contributed by atoms with Crippen LogP contribution in [0.3, 0.4) is 0 Å². The quantitative estimate of drug-likeness (QED) is 0.317. The van der Waals surface area contributed by atoms with Gasteiger partial charge in [-0.2, -0.15) is 5.10 Å². The Kier molecular flexibility index (Phi) is 6.97. The third-order valence-electron chi connectivity index (χ3n) is 5.60. The number of aromatic nitrogens is 2. The minimum absolute atomic E-state index is 0.312. The molecule has 4 rings (SSSR count). The molecule has 1 aliphatic rings. The van der Waals surface area contributed by atoms with Crippen LogP contribution in [0.1, 0.15) is 50.6 Å². The fraction of sp³-hybridized carbons (Fsp3) is 0.348. The van der Waals surface area contributed by atoms with E-state index in [0.29, 0.717) is 17.2 Å². The highest BCUT2D eigenvalue weighted by molar-refractivity contribution is 9.10. The number of anilines is 2. The molecule has 0 spiro atoms. The number of thiophene rings is 1. The van der Waals surface area contributed by atoms with Crippen LogP contribution in [0.5, 0.6) is 0 Å². The molecule has 6 nitrogen and oxygen atoms in total. The topological polar surface area (TPSA) is 68.2 Å². The second-order valence-electron chi connectivity index (χ2n) is 7.83. The number of fused-ring (bicyclic) bond motifs is 1. The van der Waals surface area contributed by atoms with E-state index in [0.717, 1.165) is 63.4 Å². The summed E-state index contributed by atoms with van der Waals surface area (Å²) in [6.45, 7) is 4.70. The number of ether oxygens (including phenoxy) is 1. The number of nitrogens with one attached hydrogen (secondary N) is 2. The Balaban J connectivity index is 1.49. The minimum atomic E-state index is -0.312. The number of halogens is 1. The zero-order valence-electron chi connectivity index (χ0n) is 18.3. The standard InChI is InChI=1S/C23H25BrN4O2S2/c1-13-20(24)14(2)28(27-13)12-15-7-6-8-16(11-15)25-23(31)26-21-19(22(29)30-3)17-9-4-5-10-18(17)32-21/h6-8,11H,4-5,9-10,12H2,1-3H3,(H2,25,26,31). The van der Waals surface area contributed by atoms with Gasteiger partial charge in [0.25, 0.3) is 0 Å². The Morgan fingerprint density at radius 1 is 1.28 bits per heavy atom. The number of carbonyl (C=O) groups excluding carboxylic acids is 1. The lowest BCUT2D eigenvalue weighted by Crippen LogP contribution is -2.20. The van der Waals surface area contributed by atoms with Crippen molar-refractivity contribution in [3.05, 3.63) is 61.7 Å². The average Bonchev–Trinajstić information content (AvgIpc) is 3.25. The first-order chi connectivity index (χ1) is 15.4. The molecule has 2 heterocycles. The van der Waals surface area contributed by atoms with E-state index in [4.69, 9.17) is 17.0 Å². The van der Waals surface area contributed by atoms with Gasteiger partial charge in [-0.15, -0.1) is 11.3 Å². The van der Waals surface area contributed by atoms with E-state index in [2.05, 4.69) is 43.8 Å². The Labute approximate surface area is 205 Å². The van der Waals surface area contributed by atoms with Crippen LogP contribution in [0.15, 0.2) is 28.7 Å².